The Kier molecular flexibility index (Phi) is 7.62. The first-order chi connectivity index (χ1) is 14.1. The van der Waals surface area contributed by atoms with Crippen LogP contribution in [0.3, 0.4) is 0 Å². The molecule has 0 radical (unpaired) electrons. The number of benzene rings is 2. The topological polar surface area (TPSA) is 93.5 Å². The van der Waals surface area contributed by atoms with Crippen molar-refractivity contribution < 1.29 is 19.0 Å². The quantitative estimate of drug-likeness (QED) is 0.469. The number of methoxy groups -OCH3 is 3. The highest BCUT2D eigenvalue weighted by Crippen LogP contribution is 2.35. The van der Waals surface area contributed by atoms with E-state index in [-0.39, 0.29) is 18.0 Å². The zero-order valence-corrected chi connectivity index (χ0v) is 17.4. The lowest BCUT2D eigenvalue weighted by molar-refractivity contribution is -0.112. The molecule has 0 fully saturated rings. The minimum atomic E-state index is -0.541. The Bertz CT molecular complexity index is 1130. The Hall–Kier alpha value is -3.76. The molecular weight excluding hydrogens is 406 g/mol. The van der Waals surface area contributed by atoms with Crippen molar-refractivity contribution >= 4 is 41.0 Å². The number of nitrogens with one attached hydrogen (secondary N) is 1. The third kappa shape index (κ3) is 4.62. The van der Waals surface area contributed by atoms with Gasteiger partial charge in [-0.25, -0.2) is 0 Å². The first-order valence-corrected chi connectivity index (χ1v) is 8.68. The standard InChI is InChI=1S/C22H19N3O4.ClH/c1-27-19-12-21(29-3)20(28-2)11-14(19)10-15(13-23)22(26)25-18-8-4-7-17-16(18)6-5-9-24-17;/h4-12H,1-3H3,(H,25,26);1H/b15-10+;. The van der Waals surface area contributed by atoms with Crippen molar-refractivity contribution in [3.63, 3.8) is 0 Å². The number of nitriles is 1. The number of rotatable bonds is 6. The molecule has 3 aromatic rings. The number of hydrogen-bond acceptors (Lipinski definition) is 6. The van der Waals surface area contributed by atoms with Crippen LogP contribution in [0.4, 0.5) is 5.69 Å². The van der Waals surface area contributed by atoms with E-state index < -0.39 is 5.91 Å². The molecule has 0 saturated carbocycles. The largest absolute Gasteiger partial charge is 0.496 e. The van der Waals surface area contributed by atoms with Crippen LogP contribution in [-0.2, 0) is 4.79 Å². The van der Waals surface area contributed by atoms with Gasteiger partial charge < -0.3 is 19.5 Å². The van der Waals surface area contributed by atoms with E-state index in [1.54, 1.807) is 36.5 Å². The normalized spacial score (nSPS) is 10.5. The van der Waals surface area contributed by atoms with Crippen LogP contribution in [0.5, 0.6) is 17.2 Å². The molecule has 154 valence electrons. The fraction of sp³-hybridized carbons (Fsp3) is 0.136. The van der Waals surface area contributed by atoms with Crippen molar-refractivity contribution in [3.05, 3.63) is 59.8 Å². The van der Waals surface area contributed by atoms with Crippen LogP contribution >= 0.6 is 12.4 Å². The zero-order valence-electron chi connectivity index (χ0n) is 16.6. The molecule has 2 aromatic carbocycles. The summed E-state index contributed by atoms with van der Waals surface area (Å²) < 4.78 is 15.9. The first-order valence-electron chi connectivity index (χ1n) is 8.68. The summed E-state index contributed by atoms with van der Waals surface area (Å²) in [5.41, 5.74) is 1.74. The number of aromatic nitrogens is 1. The minimum Gasteiger partial charge on any atom is -0.496 e. The van der Waals surface area contributed by atoms with Gasteiger partial charge in [0.15, 0.2) is 11.5 Å². The Morgan fingerprint density at radius 1 is 1.03 bits per heavy atom. The molecule has 8 heteroatoms. The SMILES string of the molecule is COc1cc(OC)c(OC)cc1/C=C(\C#N)C(=O)Nc1cccc2ncccc12.Cl. The van der Waals surface area contributed by atoms with Gasteiger partial charge in [0.05, 0.1) is 32.5 Å². The molecule has 0 aliphatic carbocycles. The number of amides is 1. The first kappa shape index (κ1) is 22.5. The maximum Gasteiger partial charge on any atom is 0.266 e. The van der Waals surface area contributed by atoms with Crippen molar-refractivity contribution in [1.29, 1.82) is 5.26 Å². The Morgan fingerprint density at radius 2 is 1.73 bits per heavy atom. The number of carbonyl (C=O) groups is 1. The van der Waals surface area contributed by atoms with E-state index in [9.17, 15) is 10.1 Å². The van der Waals surface area contributed by atoms with Crippen molar-refractivity contribution in [2.45, 2.75) is 0 Å². The van der Waals surface area contributed by atoms with Gasteiger partial charge in [0.2, 0.25) is 0 Å². The summed E-state index contributed by atoms with van der Waals surface area (Å²) in [7, 11) is 4.51. The Labute approximate surface area is 180 Å². The van der Waals surface area contributed by atoms with Crippen molar-refractivity contribution in [1.82, 2.24) is 4.98 Å². The number of anilines is 1. The maximum atomic E-state index is 12.7. The molecule has 3 rings (SSSR count). The van der Waals surface area contributed by atoms with Gasteiger partial charge in [-0.1, -0.05) is 6.07 Å². The predicted octanol–water partition coefficient (Wildman–Crippen LogP) is 4.23. The summed E-state index contributed by atoms with van der Waals surface area (Å²) in [6.45, 7) is 0. The molecule has 0 unspecified atom stereocenters. The van der Waals surface area contributed by atoms with Crippen molar-refractivity contribution in [3.8, 4) is 23.3 Å². The maximum absolute atomic E-state index is 12.7. The molecule has 0 aliphatic rings. The Morgan fingerprint density at radius 3 is 2.40 bits per heavy atom. The van der Waals surface area contributed by atoms with Crippen LogP contribution in [0.2, 0.25) is 0 Å². The van der Waals surface area contributed by atoms with Gasteiger partial charge in [-0.2, -0.15) is 5.26 Å². The van der Waals surface area contributed by atoms with Gasteiger partial charge in [-0.3, -0.25) is 9.78 Å². The number of fused-ring (bicyclic) bond motifs is 1. The summed E-state index contributed by atoms with van der Waals surface area (Å²) in [6, 6.07) is 14.3. The van der Waals surface area contributed by atoms with Gasteiger partial charge in [-0.15, -0.1) is 12.4 Å². The number of halogens is 1. The average molecular weight is 426 g/mol. The molecule has 1 aromatic heterocycles. The fourth-order valence-electron chi connectivity index (χ4n) is 2.87. The van der Waals surface area contributed by atoms with E-state index in [4.69, 9.17) is 14.2 Å². The van der Waals surface area contributed by atoms with E-state index in [2.05, 4.69) is 10.3 Å². The molecule has 0 bridgehead atoms. The third-order valence-corrected chi connectivity index (χ3v) is 4.29. The fourth-order valence-corrected chi connectivity index (χ4v) is 2.87. The summed E-state index contributed by atoms with van der Waals surface area (Å²) in [5, 5.41) is 13.1. The summed E-state index contributed by atoms with van der Waals surface area (Å²) in [5.74, 6) is 0.836. The second-order valence-corrected chi connectivity index (χ2v) is 5.95. The molecular formula is C22H20ClN3O4. The van der Waals surface area contributed by atoms with Gasteiger partial charge in [0.25, 0.3) is 5.91 Å². The molecule has 7 nitrogen and oxygen atoms in total. The van der Waals surface area contributed by atoms with Gasteiger partial charge in [0, 0.05) is 23.2 Å². The summed E-state index contributed by atoms with van der Waals surface area (Å²) >= 11 is 0. The van der Waals surface area contributed by atoms with Crippen LogP contribution in [0.25, 0.3) is 17.0 Å². The van der Waals surface area contributed by atoms with E-state index in [1.807, 2.05) is 18.2 Å². The van der Waals surface area contributed by atoms with Crippen LogP contribution < -0.4 is 19.5 Å². The van der Waals surface area contributed by atoms with Crippen molar-refractivity contribution in [2.75, 3.05) is 26.6 Å². The smallest absolute Gasteiger partial charge is 0.266 e. The molecule has 1 heterocycles. The van der Waals surface area contributed by atoms with Crippen LogP contribution in [-0.4, -0.2) is 32.2 Å². The van der Waals surface area contributed by atoms with Crippen LogP contribution in [0.1, 0.15) is 5.56 Å². The molecule has 1 N–H and O–H groups in total. The molecule has 30 heavy (non-hydrogen) atoms. The highest BCUT2D eigenvalue weighted by molar-refractivity contribution is 6.12. The predicted molar refractivity (Wildman–Crippen MR) is 117 cm³/mol. The number of carbonyl (C=O) groups excluding carboxylic acids is 1. The van der Waals surface area contributed by atoms with E-state index >= 15 is 0 Å². The Balaban J connectivity index is 0.00000320. The summed E-state index contributed by atoms with van der Waals surface area (Å²) in [4.78, 5) is 17.0. The van der Waals surface area contributed by atoms with Crippen LogP contribution in [0.15, 0.2) is 54.2 Å². The monoisotopic (exact) mass is 425 g/mol. The molecule has 1 amide bonds. The zero-order chi connectivity index (χ0) is 20.8. The average Bonchev–Trinajstić information content (AvgIpc) is 2.76. The van der Waals surface area contributed by atoms with Gasteiger partial charge in [0.1, 0.15) is 17.4 Å². The second-order valence-electron chi connectivity index (χ2n) is 5.95. The molecule has 0 saturated heterocycles. The second kappa shape index (κ2) is 10.1. The third-order valence-electron chi connectivity index (χ3n) is 4.29. The number of ether oxygens (including phenoxy) is 3. The lowest BCUT2D eigenvalue weighted by Crippen LogP contribution is -2.13. The van der Waals surface area contributed by atoms with Gasteiger partial charge in [-0.05, 0) is 36.4 Å². The van der Waals surface area contributed by atoms with Crippen LogP contribution in [0, 0.1) is 11.3 Å². The lowest BCUT2D eigenvalue weighted by atomic mass is 10.1. The van der Waals surface area contributed by atoms with Gasteiger partial charge >= 0.3 is 0 Å². The van der Waals surface area contributed by atoms with E-state index in [0.717, 1.165) is 10.9 Å². The lowest BCUT2D eigenvalue weighted by Gasteiger charge is -2.12. The number of pyridine rings is 1. The molecule has 0 aliphatic heterocycles. The highest BCUT2D eigenvalue weighted by Gasteiger charge is 2.15. The number of nitrogens with zero attached hydrogens (tertiary/aromatic N) is 2. The van der Waals surface area contributed by atoms with E-state index in [0.29, 0.717) is 28.5 Å². The minimum absolute atomic E-state index is 0. The molecule has 0 atom stereocenters. The van der Waals surface area contributed by atoms with E-state index in [1.165, 1.54) is 27.4 Å². The molecule has 0 spiro atoms. The van der Waals surface area contributed by atoms with Crippen molar-refractivity contribution in [2.24, 2.45) is 0 Å². The number of hydrogen-bond donors (Lipinski definition) is 1. The summed E-state index contributed by atoms with van der Waals surface area (Å²) in [6.07, 6.45) is 3.12. The highest BCUT2D eigenvalue weighted by atomic mass is 35.5.